The molecule has 2 N–H and O–H groups in total. The molecule has 0 aromatic heterocycles. The standard InChI is InChI=1S/C14H20BrNO2/c1-4-14(5-2,9-17)16-13(18)11-8-6-7-10(3)12(11)15/h6-8,17H,4-5,9H2,1-3H3,(H,16,18). The van der Waals surface area contributed by atoms with E-state index in [0.29, 0.717) is 18.4 Å². The first-order valence-corrected chi connectivity index (χ1v) is 6.97. The van der Waals surface area contributed by atoms with Crippen LogP contribution < -0.4 is 5.32 Å². The molecule has 0 fully saturated rings. The maximum absolute atomic E-state index is 12.3. The van der Waals surface area contributed by atoms with Crippen LogP contribution >= 0.6 is 15.9 Å². The molecule has 1 amide bonds. The van der Waals surface area contributed by atoms with Crippen molar-refractivity contribution in [3.63, 3.8) is 0 Å². The van der Waals surface area contributed by atoms with Gasteiger partial charge in [-0.3, -0.25) is 4.79 Å². The minimum absolute atomic E-state index is 0.0465. The van der Waals surface area contributed by atoms with E-state index >= 15 is 0 Å². The zero-order chi connectivity index (χ0) is 13.8. The summed E-state index contributed by atoms with van der Waals surface area (Å²) in [4.78, 5) is 12.3. The molecule has 0 aliphatic carbocycles. The van der Waals surface area contributed by atoms with Crippen LogP contribution in [0.3, 0.4) is 0 Å². The van der Waals surface area contributed by atoms with Gasteiger partial charge in [-0.1, -0.05) is 26.0 Å². The molecule has 4 heteroatoms. The minimum Gasteiger partial charge on any atom is -0.394 e. The van der Waals surface area contributed by atoms with Gasteiger partial charge in [0.1, 0.15) is 0 Å². The zero-order valence-corrected chi connectivity index (χ0v) is 12.7. The molecule has 1 rings (SSSR count). The lowest BCUT2D eigenvalue weighted by molar-refractivity contribution is 0.0817. The van der Waals surface area contributed by atoms with Crippen LogP contribution in [0, 0.1) is 6.92 Å². The number of carbonyl (C=O) groups is 1. The minimum atomic E-state index is -0.528. The highest BCUT2D eigenvalue weighted by molar-refractivity contribution is 9.10. The second-order valence-electron chi connectivity index (χ2n) is 4.54. The highest BCUT2D eigenvalue weighted by atomic mass is 79.9. The Hall–Kier alpha value is -0.870. The van der Waals surface area contributed by atoms with Gasteiger partial charge in [0.05, 0.1) is 17.7 Å². The van der Waals surface area contributed by atoms with Gasteiger partial charge in [-0.25, -0.2) is 0 Å². The number of hydrogen-bond donors (Lipinski definition) is 2. The van der Waals surface area contributed by atoms with Crippen molar-refractivity contribution in [2.45, 2.75) is 39.2 Å². The van der Waals surface area contributed by atoms with Crippen LogP contribution in [0.4, 0.5) is 0 Å². The van der Waals surface area contributed by atoms with Crippen LogP contribution in [0.2, 0.25) is 0 Å². The number of carbonyl (C=O) groups excluding carboxylic acids is 1. The largest absolute Gasteiger partial charge is 0.394 e. The monoisotopic (exact) mass is 313 g/mol. The fourth-order valence-corrected chi connectivity index (χ4v) is 2.27. The van der Waals surface area contributed by atoms with E-state index in [-0.39, 0.29) is 12.5 Å². The summed E-state index contributed by atoms with van der Waals surface area (Å²) in [5.41, 5.74) is 1.10. The van der Waals surface area contributed by atoms with Crippen molar-refractivity contribution in [2.24, 2.45) is 0 Å². The molecule has 1 aromatic rings. The summed E-state index contributed by atoms with van der Waals surface area (Å²) in [5, 5.41) is 12.4. The van der Waals surface area contributed by atoms with E-state index in [1.807, 2.05) is 32.9 Å². The normalized spacial score (nSPS) is 11.4. The SMILES string of the molecule is CCC(CC)(CO)NC(=O)c1cccc(C)c1Br. The number of aliphatic hydroxyl groups is 1. The van der Waals surface area contributed by atoms with Gasteiger partial charge in [0.2, 0.25) is 0 Å². The fraction of sp³-hybridized carbons (Fsp3) is 0.500. The molecule has 0 bridgehead atoms. The van der Waals surface area contributed by atoms with E-state index in [9.17, 15) is 9.90 Å². The molecule has 0 unspecified atom stereocenters. The summed E-state index contributed by atoms with van der Waals surface area (Å²) in [7, 11) is 0. The summed E-state index contributed by atoms with van der Waals surface area (Å²) in [6, 6.07) is 5.58. The van der Waals surface area contributed by atoms with Gasteiger partial charge in [0.15, 0.2) is 0 Å². The van der Waals surface area contributed by atoms with Crippen molar-refractivity contribution >= 4 is 21.8 Å². The molecule has 0 aliphatic rings. The Morgan fingerprint density at radius 3 is 2.50 bits per heavy atom. The molecule has 0 atom stereocenters. The first-order valence-electron chi connectivity index (χ1n) is 6.18. The van der Waals surface area contributed by atoms with Crippen LogP contribution in [0.25, 0.3) is 0 Å². The number of benzene rings is 1. The van der Waals surface area contributed by atoms with Gasteiger partial charge in [-0.05, 0) is 47.3 Å². The first-order chi connectivity index (χ1) is 8.49. The Morgan fingerprint density at radius 1 is 1.39 bits per heavy atom. The molecule has 0 saturated heterocycles. The van der Waals surface area contributed by atoms with Gasteiger partial charge < -0.3 is 10.4 Å². The third-order valence-corrected chi connectivity index (χ3v) is 4.52. The van der Waals surface area contributed by atoms with E-state index in [4.69, 9.17) is 0 Å². The number of aryl methyl sites for hydroxylation is 1. The van der Waals surface area contributed by atoms with Gasteiger partial charge in [-0.2, -0.15) is 0 Å². The number of nitrogens with one attached hydrogen (secondary N) is 1. The number of amides is 1. The second-order valence-corrected chi connectivity index (χ2v) is 5.33. The van der Waals surface area contributed by atoms with Crippen LogP contribution in [0.5, 0.6) is 0 Å². The van der Waals surface area contributed by atoms with Crippen molar-refractivity contribution < 1.29 is 9.90 Å². The van der Waals surface area contributed by atoms with E-state index in [0.717, 1.165) is 10.0 Å². The number of rotatable bonds is 5. The molecule has 18 heavy (non-hydrogen) atoms. The summed E-state index contributed by atoms with van der Waals surface area (Å²) in [5.74, 6) is -0.150. The maximum atomic E-state index is 12.3. The van der Waals surface area contributed by atoms with Crippen LogP contribution in [-0.2, 0) is 0 Å². The van der Waals surface area contributed by atoms with Gasteiger partial charge in [0.25, 0.3) is 5.91 Å². The predicted molar refractivity (Wildman–Crippen MR) is 76.7 cm³/mol. The lowest BCUT2D eigenvalue weighted by Crippen LogP contribution is -2.50. The molecule has 0 heterocycles. The molecule has 3 nitrogen and oxygen atoms in total. The van der Waals surface area contributed by atoms with Crippen molar-refractivity contribution in [3.05, 3.63) is 33.8 Å². The number of halogens is 1. The molecular formula is C14H20BrNO2. The quantitative estimate of drug-likeness (QED) is 0.877. The highest BCUT2D eigenvalue weighted by Crippen LogP contribution is 2.22. The van der Waals surface area contributed by atoms with Crippen LogP contribution in [0.15, 0.2) is 22.7 Å². The van der Waals surface area contributed by atoms with E-state index in [2.05, 4.69) is 21.2 Å². The van der Waals surface area contributed by atoms with Crippen molar-refractivity contribution in [3.8, 4) is 0 Å². The molecule has 0 aliphatic heterocycles. The zero-order valence-electron chi connectivity index (χ0n) is 11.1. The predicted octanol–water partition coefficient (Wildman–Crippen LogP) is 3.04. The topological polar surface area (TPSA) is 49.3 Å². The van der Waals surface area contributed by atoms with Gasteiger partial charge in [0, 0.05) is 4.47 Å². The Kier molecular flexibility index (Phi) is 5.35. The Bertz CT molecular complexity index is 420. The van der Waals surface area contributed by atoms with Crippen LogP contribution in [0.1, 0.15) is 42.6 Å². The van der Waals surface area contributed by atoms with Gasteiger partial charge in [-0.15, -0.1) is 0 Å². The lowest BCUT2D eigenvalue weighted by atomic mass is 9.93. The number of aliphatic hydroxyl groups excluding tert-OH is 1. The molecule has 0 radical (unpaired) electrons. The molecule has 100 valence electrons. The highest BCUT2D eigenvalue weighted by Gasteiger charge is 2.28. The Balaban J connectivity index is 2.98. The average molecular weight is 314 g/mol. The summed E-state index contributed by atoms with van der Waals surface area (Å²) in [6.07, 6.45) is 1.41. The molecule has 1 aromatic carbocycles. The molecular weight excluding hydrogens is 294 g/mol. The number of hydrogen-bond acceptors (Lipinski definition) is 2. The lowest BCUT2D eigenvalue weighted by Gasteiger charge is -2.31. The molecule has 0 spiro atoms. The molecule has 0 saturated carbocycles. The van der Waals surface area contributed by atoms with Crippen molar-refractivity contribution in [2.75, 3.05) is 6.61 Å². The van der Waals surface area contributed by atoms with E-state index in [1.165, 1.54) is 0 Å². The van der Waals surface area contributed by atoms with Crippen molar-refractivity contribution in [1.29, 1.82) is 0 Å². The summed E-state index contributed by atoms with van der Waals surface area (Å²) < 4.78 is 0.807. The van der Waals surface area contributed by atoms with E-state index < -0.39 is 5.54 Å². The summed E-state index contributed by atoms with van der Waals surface area (Å²) >= 11 is 3.43. The Morgan fingerprint density at radius 2 is 2.00 bits per heavy atom. The first kappa shape index (κ1) is 15.2. The maximum Gasteiger partial charge on any atom is 0.252 e. The van der Waals surface area contributed by atoms with Gasteiger partial charge >= 0.3 is 0 Å². The fourth-order valence-electron chi connectivity index (χ4n) is 1.82. The third kappa shape index (κ3) is 3.12. The Labute approximate surface area is 117 Å². The average Bonchev–Trinajstić information content (AvgIpc) is 2.39. The third-order valence-electron chi connectivity index (χ3n) is 3.47. The summed E-state index contributed by atoms with van der Waals surface area (Å²) in [6.45, 7) is 5.82. The second kappa shape index (κ2) is 6.34. The van der Waals surface area contributed by atoms with Crippen LogP contribution in [-0.4, -0.2) is 23.2 Å². The van der Waals surface area contributed by atoms with E-state index in [1.54, 1.807) is 6.07 Å². The smallest absolute Gasteiger partial charge is 0.252 e. The van der Waals surface area contributed by atoms with Crippen molar-refractivity contribution in [1.82, 2.24) is 5.32 Å².